The Kier molecular flexibility index (Phi) is 2.32. The standard InChI is InChI=1S/C9H10N2S/c1-2-4-9(5-3-1)8-12-10-6-7-11-12/h1-6H,7-8H2. The van der Waals surface area contributed by atoms with Gasteiger partial charge in [-0.2, -0.15) is 0 Å². The Labute approximate surface area is 74.6 Å². The minimum atomic E-state index is -0.0838. The normalized spacial score (nSPS) is 20.8. The monoisotopic (exact) mass is 178 g/mol. The molecule has 0 radical (unpaired) electrons. The van der Waals surface area contributed by atoms with Crippen molar-refractivity contribution in [3.63, 3.8) is 0 Å². The van der Waals surface area contributed by atoms with Crippen LogP contribution >= 0.6 is 0 Å². The van der Waals surface area contributed by atoms with Crippen molar-refractivity contribution in [1.29, 1.82) is 0 Å². The summed E-state index contributed by atoms with van der Waals surface area (Å²) in [6.07, 6.45) is 1.89. The van der Waals surface area contributed by atoms with Crippen LogP contribution < -0.4 is 0 Å². The number of hydrogen-bond donors (Lipinski definition) is 0. The van der Waals surface area contributed by atoms with Gasteiger partial charge in [-0.3, -0.25) is 0 Å². The number of nitrogens with zero attached hydrogens (tertiary/aromatic N) is 2. The summed E-state index contributed by atoms with van der Waals surface area (Å²) in [6.45, 7) is 0.802. The Morgan fingerprint density at radius 2 is 2.08 bits per heavy atom. The average molecular weight is 178 g/mol. The van der Waals surface area contributed by atoms with Gasteiger partial charge in [0.2, 0.25) is 0 Å². The van der Waals surface area contributed by atoms with Crippen LogP contribution in [0.2, 0.25) is 0 Å². The fraction of sp³-hybridized carbons (Fsp3) is 0.222. The molecule has 1 aromatic carbocycles. The van der Waals surface area contributed by atoms with Crippen molar-refractivity contribution in [3.05, 3.63) is 35.9 Å². The molecular formula is C9H10N2S. The maximum Gasteiger partial charge on any atom is 0.0838 e. The van der Waals surface area contributed by atoms with Crippen LogP contribution in [0.3, 0.4) is 0 Å². The van der Waals surface area contributed by atoms with E-state index in [1.165, 1.54) is 5.56 Å². The Hall–Kier alpha value is -0.960. The van der Waals surface area contributed by atoms with Gasteiger partial charge in [-0.25, -0.2) is 8.76 Å². The van der Waals surface area contributed by atoms with Gasteiger partial charge in [0.05, 0.1) is 6.54 Å². The smallest absolute Gasteiger partial charge is 0.0838 e. The predicted octanol–water partition coefficient (Wildman–Crippen LogP) is 1.99. The van der Waals surface area contributed by atoms with Crippen molar-refractivity contribution in [2.24, 2.45) is 8.76 Å². The molecule has 0 bridgehead atoms. The van der Waals surface area contributed by atoms with Crippen LogP contribution in [0.25, 0.3) is 0 Å². The zero-order valence-corrected chi connectivity index (χ0v) is 7.50. The lowest BCUT2D eigenvalue weighted by Crippen LogP contribution is -1.88. The van der Waals surface area contributed by atoms with Crippen molar-refractivity contribution in [1.82, 2.24) is 0 Å². The lowest BCUT2D eigenvalue weighted by atomic mass is 10.2. The average Bonchev–Trinajstić information content (AvgIpc) is 2.59. The minimum absolute atomic E-state index is 0.0838. The van der Waals surface area contributed by atoms with E-state index >= 15 is 0 Å². The van der Waals surface area contributed by atoms with Gasteiger partial charge in [0.1, 0.15) is 0 Å². The molecule has 0 saturated heterocycles. The molecule has 0 aromatic heterocycles. The van der Waals surface area contributed by atoms with Crippen LogP contribution in [0.4, 0.5) is 0 Å². The molecule has 12 heavy (non-hydrogen) atoms. The van der Waals surface area contributed by atoms with E-state index in [1.807, 2.05) is 12.3 Å². The van der Waals surface area contributed by atoms with Crippen LogP contribution in [0, 0.1) is 0 Å². The van der Waals surface area contributed by atoms with Crippen LogP contribution in [-0.2, 0) is 16.6 Å². The van der Waals surface area contributed by atoms with Gasteiger partial charge in [0.25, 0.3) is 0 Å². The van der Waals surface area contributed by atoms with E-state index in [1.54, 1.807) is 0 Å². The maximum atomic E-state index is 4.34. The molecule has 0 spiro atoms. The van der Waals surface area contributed by atoms with Gasteiger partial charge in [0, 0.05) is 22.8 Å². The fourth-order valence-electron chi connectivity index (χ4n) is 1.08. The lowest BCUT2D eigenvalue weighted by Gasteiger charge is -1.97. The molecule has 0 N–H and O–H groups in total. The zero-order valence-electron chi connectivity index (χ0n) is 6.68. The van der Waals surface area contributed by atoms with E-state index in [-0.39, 0.29) is 10.9 Å². The zero-order chi connectivity index (χ0) is 8.23. The first-order valence-corrected chi connectivity index (χ1v) is 5.21. The third-order valence-corrected chi connectivity index (χ3v) is 3.07. The third-order valence-electron chi connectivity index (χ3n) is 1.64. The number of hydrogen-bond acceptors (Lipinski definition) is 2. The molecule has 3 heteroatoms. The van der Waals surface area contributed by atoms with Gasteiger partial charge in [-0.1, -0.05) is 30.3 Å². The molecule has 1 unspecified atom stereocenters. The Morgan fingerprint density at radius 1 is 1.25 bits per heavy atom. The van der Waals surface area contributed by atoms with Crippen LogP contribution in [0.15, 0.2) is 39.1 Å². The highest BCUT2D eigenvalue weighted by Gasteiger charge is 1.99. The summed E-state index contributed by atoms with van der Waals surface area (Å²) in [5.74, 6) is 0.970. The fourth-order valence-corrected chi connectivity index (χ4v) is 2.28. The highest BCUT2D eigenvalue weighted by molar-refractivity contribution is 7.85. The Morgan fingerprint density at radius 3 is 2.75 bits per heavy atom. The van der Waals surface area contributed by atoms with Crippen molar-refractivity contribution in [2.45, 2.75) is 5.75 Å². The van der Waals surface area contributed by atoms with Crippen LogP contribution in [-0.4, -0.2) is 12.8 Å². The second kappa shape index (κ2) is 3.63. The highest BCUT2D eigenvalue weighted by Crippen LogP contribution is 2.07. The number of benzene rings is 1. The molecular weight excluding hydrogens is 168 g/mol. The van der Waals surface area contributed by atoms with Crippen LogP contribution in [0.1, 0.15) is 5.56 Å². The van der Waals surface area contributed by atoms with E-state index < -0.39 is 0 Å². The van der Waals surface area contributed by atoms with Gasteiger partial charge >= 0.3 is 0 Å². The second-order valence-electron chi connectivity index (χ2n) is 2.57. The van der Waals surface area contributed by atoms with Gasteiger partial charge in [-0.05, 0) is 5.56 Å². The molecule has 0 fully saturated rings. The first kappa shape index (κ1) is 7.68. The van der Waals surface area contributed by atoms with Gasteiger partial charge in [-0.15, -0.1) is 0 Å². The highest BCUT2D eigenvalue weighted by atomic mass is 32.2. The van der Waals surface area contributed by atoms with Crippen molar-refractivity contribution in [3.8, 4) is 0 Å². The Bertz CT molecular complexity index is 317. The van der Waals surface area contributed by atoms with Crippen molar-refractivity contribution in [2.75, 3.05) is 6.54 Å². The molecule has 2 nitrogen and oxygen atoms in total. The first-order valence-electron chi connectivity index (χ1n) is 3.90. The molecule has 0 saturated carbocycles. The summed E-state index contributed by atoms with van der Waals surface area (Å²) in [4.78, 5) is 0. The molecule has 1 aromatic rings. The second-order valence-corrected chi connectivity index (χ2v) is 4.01. The molecule has 1 heterocycles. The Balaban J connectivity index is 2.09. The molecule has 1 aliphatic heterocycles. The third kappa shape index (κ3) is 1.80. The summed E-state index contributed by atoms with van der Waals surface area (Å²) in [5.41, 5.74) is 1.32. The number of rotatable bonds is 2. The van der Waals surface area contributed by atoms with E-state index in [4.69, 9.17) is 0 Å². The van der Waals surface area contributed by atoms with E-state index in [9.17, 15) is 0 Å². The SMILES string of the molecule is C1=NS(Cc2ccccc2)=NC1. The van der Waals surface area contributed by atoms with E-state index in [2.05, 4.69) is 33.0 Å². The van der Waals surface area contributed by atoms with Gasteiger partial charge < -0.3 is 0 Å². The predicted molar refractivity (Wildman–Crippen MR) is 53.3 cm³/mol. The van der Waals surface area contributed by atoms with Crippen molar-refractivity contribution < 1.29 is 0 Å². The molecule has 0 aliphatic carbocycles. The summed E-state index contributed by atoms with van der Waals surface area (Å²) in [6, 6.07) is 10.4. The molecule has 1 atom stereocenters. The molecule has 2 rings (SSSR count). The molecule has 1 aliphatic rings. The first-order chi connectivity index (χ1) is 5.95. The summed E-state index contributed by atoms with van der Waals surface area (Å²) in [5, 5.41) is 0. The molecule has 0 amide bonds. The van der Waals surface area contributed by atoms with Gasteiger partial charge in [0.15, 0.2) is 0 Å². The van der Waals surface area contributed by atoms with E-state index in [0.29, 0.717) is 0 Å². The summed E-state index contributed by atoms with van der Waals surface area (Å²) >= 11 is 0. The molecule has 62 valence electrons. The summed E-state index contributed by atoms with van der Waals surface area (Å²) < 4.78 is 8.60. The quantitative estimate of drug-likeness (QED) is 0.661. The lowest BCUT2D eigenvalue weighted by molar-refractivity contribution is 1.36. The maximum absolute atomic E-state index is 4.34. The van der Waals surface area contributed by atoms with Crippen molar-refractivity contribution >= 4 is 17.1 Å². The summed E-state index contributed by atoms with van der Waals surface area (Å²) in [7, 11) is -0.0838. The van der Waals surface area contributed by atoms with Crippen LogP contribution in [0.5, 0.6) is 0 Å². The minimum Gasteiger partial charge on any atom is -0.237 e. The van der Waals surface area contributed by atoms with E-state index in [0.717, 1.165) is 12.3 Å². The topological polar surface area (TPSA) is 24.7 Å². The largest absolute Gasteiger partial charge is 0.237 e.